The highest BCUT2D eigenvalue weighted by molar-refractivity contribution is 7.45. The predicted octanol–water partition coefficient (Wildman–Crippen LogP) is 1.71. The van der Waals surface area contributed by atoms with Gasteiger partial charge in [-0.25, -0.2) is 0 Å². The van der Waals surface area contributed by atoms with Gasteiger partial charge in [-0.2, -0.15) is 0 Å². The van der Waals surface area contributed by atoms with Crippen molar-refractivity contribution in [2.24, 2.45) is 4.99 Å². The molecule has 0 heterocycles. The molecule has 0 aromatic heterocycles. The van der Waals surface area contributed by atoms with Crippen molar-refractivity contribution in [1.29, 1.82) is 0 Å². The van der Waals surface area contributed by atoms with Crippen LogP contribution in [0, 0.1) is 0 Å². The zero-order valence-corrected chi connectivity index (χ0v) is 7.42. The van der Waals surface area contributed by atoms with Gasteiger partial charge in [-0.1, -0.05) is 12.7 Å². The molecule has 0 spiro atoms. The van der Waals surface area contributed by atoms with E-state index in [9.17, 15) is 0 Å². The van der Waals surface area contributed by atoms with E-state index in [1.807, 2.05) is 0 Å². The van der Waals surface area contributed by atoms with E-state index in [4.69, 9.17) is 9.42 Å². The van der Waals surface area contributed by atoms with Crippen molar-refractivity contribution in [1.82, 2.24) is 0 Å². The lowest BCUT2D eigenvalue weighted by atomic mass is 10.3. The summed E-state index contributed by atoms with van der Waals surface area (Å²) in [6.07, 6.45) is 3.17. The summed E-state index contributed by atoms with van der Waals surface area (Å²) in [5.74, 6) is 0. The van der Waals surface area contributed by atoms with Crippen LogP contribution in [-0.4, -0.2) is 24.9 Å². The van der Waals surface area contributed by atoms with Crippen molar-refractivity contribution in [2.45, 2.75) is 0 Å². The number of hydrogen-bond donors (Lipinski definition) is 1. The molecule has 0 amide bonds. The Morgan fingerprint density at radius 3 is 2.82 bits per heavy atom. The first-order chi connectivity index (χ1) is 5.20. The normalized spacial score (nSPS) is 14.2. The monoisotopic (exact) mass is 173 g/mol. The van der Waals surface area contributed by atoms with Crippen LogP contribution >= 0.6 is 8.38 Å². The van der Waals surface area contributed by atoms with Gasteiger partial charge in [0, 0.05) is 12.9 Å². The maximum atomic E-state index is 8.80. The molecular formula is C7H12NO2P. The Labute approximate surface area is 68.0 Å². The maximum Gasteiger partial charge on any atom is 0.164 e. The van der Waals surface area contributed by atoms with Crippen LogP contribution in [0.4, 0.5) is 0 Å². The quantitative estimate of drug-likeness (QED) is 0.390. The average Bonchev–Trinajstić information content (AvgIpc) is 1.97. The highest BCUT2D eigenvalue weighted by Gasteiger charge is 1.96. The average molecular weight is 173 g/mol. The first-order valence-electron chi connectivity index (χ1n) is 3.03. The highest BCUT2D eigenvalue weighted by Crippen LogP contribution is 2.25. The minimum Gasteiger partial charge on any atom is -0.350 e. The third-order valence-corrected chi connectivity index (χ3v) is 1.44. The summed E-state index contributed by atoms with van der Waals surface area (Å²) < 4.78 is 4.94. The van der Waals surface area contributed by atoms with Gasteiger partial charge in [0.25, 0.3) is 0 Å². The molecule has 62 valence electrons. The van der Waals surface area contributed by atoms with Crippen LogP contribution in [0.1, 0.15) is 0 Å². The molecule has 11 heavy (non-hydrogen) atoms. The summed E-state index contributed by atoms with van der Waals surface area (Å²) in [5, 5.41) is 0. The van der Waals surface area contributed by atoms with Gasteiger partial charge in [0.1, 0.15) is 0 Å². The van der Waals surface area contributed by atoms with Crippen molar-refractivity contribution in [3.8, 4) is 0 Å². The van der Waals surface area contributed by atoms with Crippen molar-refractivity contribution in [2.75, 3.05) is 13.3 Å². The SMILES string of the molecule is C=C/C(=C\N=C)COP(C)O. The molecule has 3 nitrogen and oxygen atoms in total. The maximum absolute atomic E-state index is 8.80. The molecule has 0 aliphatic carbocycles. The number of aliphatic imine (C=N–C) groups is 1. The van der Waals surface area contributed by atoms with Crippen molar-refractivity contribution in [3.63, 3.8) is 0 Å². The van der Waals surface area contributed by atoms with Gasteiger partial charge in [0.05, 0.1) is 6.61 Å². The Hall–Kier alpha value is -0.500. The van der Waals surface area contributed by atoms with E-state index in [-0.39, 0.29) is 0 Å². The van der Waals surface area contributed by atoms with Crippen molar-refractivity contribution >= 4 is 15.1 Å². The van der Waals surface area contributed by atoms with Gasteiger partial charge in [0.15, 0.2) is 8.38 Å². The van der Waals surface area contributed by atoms with Gasteiger partial charge in [-0.05, 0) is 12.3 Å². The molecule has 4 heteroatoms. The van der Waals surface area contributed by atoms with Crippen LogP contribution in [0.15, 0.2) is 29.4 Å². The molecule has 1 N–H and O–H groups in total. The lowest BCUT2D eigenvalue weighted by Gasteiger charge is -2.04. The number of nitrogens with zero attached hydrogens (tertiary/aromatic N) is 1. The Morgan fingerprint density at radius 2 is 2.45 bits per heavy atom. The summed E-state index contributed by atoms with van der Waals surface area (Å²) >= 11 is 0. The van der Waals surface area contributed by atoms with E-state index in [2.05, 4.69) is 18.3 Å². The van der Waals surface area contributed by atoms with E-state index < -0.39 is 8.38 Å². The van der Waals surface area contributed by atoms with Crippen LogP contribution in [0.5, 0.6) is 0 Å². The van der Waals surface area contributed by atoms with E-state index >= 15 is 0 Å². The molecule has 0 saturated heterocycles. The number of hydrogen-bond acceptors (Lipinski definition) is 3. The topological polar surface area (TPSA) is 41.8 Å². The number of rotatable bonds is 5. The molecule has 0 fully saturated rings. The standard InChI is InChI=1S/C7H12NO2P/c1-4-7(5-8-2)6-10-11(3)9/h4-5,9H,1-2,6H2,3H3/b7-5+. The molecule has 0 rings (SSSR count). The van der Waals surface area contributed by atoms with Crippen molar-refractivity contribution < 1.29 is 9.42 Å². The smallest absolute Gasteiger partial charge is 0.164 e. The fourth-order valence-corrected chi connectivity index (χ4v) is 0.770. The van der Waals surface area contributed by atoms with Crippen LogP contribution in [0.2, 0.25) is 0 Å². The summed E-state index contributed by atoms with van der Waals surface area (Å²) in [6.45, 7) is 8.78. The minimum absolute atomic E-state index is 0.335. The Kier molecular flexibility index (Phi) is 5.94. The van der Waals surface area contributed by atoms with Gasteiger partial charge >= 0.3 is 0 Å². The summed E-state index contributed by atoms with van der Waals surface area (Å²) in [5.41, 5.74) is 0.809. The zero-order chi connectivity index (χ0) is 8.69. The predicted molar refractivity (Wildman–Crippen MR) is 48.8 cm³/mol. The first-order valence-corrected chi connectivity index (χ1v) is 4.69. The van der Waals surface area contributed by atoms with E-state index in [1.54, 1.807) is 18.9 Å². The van der Waals surface area contributed by atoms with Crippen LogP contribution in [0.3, 0.4) is 0 Å². The van der Waals surface area contributed by atoms with Gasteiger partial charge in [-0.15, -0.1) is 0 Å². The highest BCUT2D eigenvalue weighted by atomic mass is 31.2. The molecule has 1 unspecified atom stereocenters. The van der Waals surface area contributed by atoms with Crippen LogP contribution in [0.25, 0.3) is 0 Å². The second-order valence-electron chi connectivity index (χ2n) is 1.83. The first kappa shape index (κ1) is 10.5. The Bertz CT molecular complexity index is 166. The Morgan fingerprint density at radius 1 is 1.82 bits per heavy atom. The molecule has 0 aromatic rings. The van der Waals surface area contributed by atoms with Gasteiger partial charge in [-0.3, -0.25) is 4.99 Å². The van der Waals surface area contributed by atoms with Crippen LogP contribution in [-0.2, 0) is 4.52 Å². The second-order valence-corrected chi connectivity index (χ2v) is 3.02. The second kappa shape index (κ2) is 6.23. The lowest BCUT2D eigenvalue weighted by molar-refractivity contribution is 0.347. The van der Waals surface area contributed by atoms with Crippen LogP contribution < -0.4 is 0 Å². The molecule has 0 aromatic carbocycles. The molecule has 0 saturated carbocycles. The zero-order valence-electron chi connectivity index (χ0n) is 6.53. The Balaban J connectivity index is 3.79. The third kappa shape index (κ3) is 5.92. The fourth-order valence-electron chi connectivity index (χ4n) is 0.434. The molecule has 0 bridgehead atoms. The molecular weight excluding hydrogens is 161 g/mol. The lowest BCUT2D eigenvalue weighted by Crippen LogP contribution is -1.90. The van der Waals surface area contributed by atoms with E-state index in [1.165, 1.54) is 0 Å². The van der Waals surface area contributed by atoms with Gasteiger partial charge < -0.3 is 9.42 Å². The van der Waals surface area contributed by atoms with E-state index in [0.717, 1.165) is 5.57 Å². The summed E-state index contributed by atoms with van der Waals surface area (Å²) in [4.78, 5) is 12.3. The van der Waals surface area contributed by atoms with Crippen molar-refractivity contribution in [3.05, 3.63) is 24.4 Å². The fraction of sp³-hybridized carbons (Fsp3) is 0.286. The molecule has 1 atom stereocenters. The molecule has 0 aliphatic heterocycles. The molecule has 0 aliphatic rings. The summed E-state index contributed by atoms with van der Waals surface area (Å²) in [7, 11) is -1.30. The molecule has 0 radical (unpaired) electrons. The largest absolute Gasteiger partial charge is 0.350 e. The minimum atomic E-state index is -1.30. The third-order valence-electron chi connectivity index (χ3n) is 0.937. The van der Waals surface area contributed by atoms with E-state index in [0.29, 0.717) is 6.61 Å². The summed E-state index contributed by atoms with van der Waals surface area (Å²) in [6, 6.07) is 0. The van der Waals surface area contributed by atoms with Gasteiger partial charge in [0.2, 0.25) is 0 Å².